The van der Waals surface area contributed by atoms with Crippen LogP contribution in [-0.2, 0) is 5.41 Å². The van der Waals surface area contributed by atoms with Crippen LogP contribution in [0, 0.1) is 12.0 Å². The van der Waals surface area contributed by atoms with Crippen molar-refractivity contribution in [2.75, 3.05) is 6.61 Å². The van der Waals surface area contributed by atoms with Crippen LogP contribution in [0.1, 0.15) is 40.2 Å². The Morgan fingerprint density at radius 2 is 1.93 bits per heavy atom. The minimum atomic E-state index is 0.160. The Morgan fingerprint density at radius 3 is 2.47 bits per heavy atom. The summed E-state index contributed by atoms with van der Waals surface area (Å²) in [5, 5.41) is 0. The van der Waals surface area contributed by atoms with Gasteiger partial charge in [-0.15, -0.1) is 0 Å². The normalized spacial score (nSPS) is 11.9. The van der Waals surface area contributed by atoms with Gasteiger partial charge in [-0.05, 0) is 35.1 Å². The quantitative estimate of drug-likeness (QED) is 0.729. The number of rotatable bonds is 3. The van der Waals surface area contributed by atoms with Gasteiger partial charge in [0, 0.05) is 0 Å². The zero-order valence-electron chi connectivity index (χ0n) is 10.4. The molecule has 1 rings (SSSR count). The molecule has 1 heteroatoms. The van der Waals surface area contributed by atoms with Crippen LogP contribution in [0.4, 0.5) is 0 Å². The van der Waals surface area contributed by atoms with Crippen LogP contribution in [0.5, 0.6) is 5.75 Å². The first-order valence-corrected chi connectivity index (χ1v) is 5.54. The summed E-state index contributed by atoms with van der Waals surface area (Å²) in [7, 11) is 0. The standard InChI is InChI=1S/C14H21O/c1-11(2)10-15-13-8-6-7-12(9-13)14(3,4)5/h7-9,11H,10H2,1-5H3. The van der Waals surface area contributed by atoms with Crippen molar-refractivity contribution in [1.82, 2.24) is 0 Å². The van der Waals surface area contributed by atoms with E-state index >= 15 is 0 Å². The third kappa shape index (κ3) is 3.94. The smallest absolute Gasteiger partial charge is 0.120 e. The van der Waals surface area contributed by atoms with E-state index in [1.54, 1.807) is 0 Å². The highest BCUT2D eigenvalue weighted by atomic mass is 16.5. The lowest BCUT2D eigenvalue weighted by molar-refractivity contribution is 0.270. The fraction of sp³-hybridized carbons (Fsp3) is 0.571. The highest BCUT2D eigenvalue weighted by Crippen LogP contribution is 2.25. The third-order valence-electron chi connectivity index (χ3n) is 2.21. The van der Waals surface area contributed by atoms with Gasteiger partial charge in [0.1, 0.15) is 5.75 Å². The molecule has 0 spiro atoms. The fourth-order valence-corrected chi connectivity index (χ4v) is 1.23. The van der Waals surface area contributed by atoms with E-state index in [-0.39, 0.29) is 5.41 Å². The predicted molar refractivity (Wildman–Crippen MR) is 64.3 cm³/mol. The van der Waals surface area contributed by atoms with E-state index in [4.69, 9.17) is 4.74 Å². The molecule has 1 nitrogen and oxygen atoms in total. The van der Waals surface area contributed by atoms with E-state index in [1.165, 1.54) is 5.56 Å². The van der Waals surface area contributed by atoms with Crippen LogP contribution < -0.4 is 4.74 Å². The largest absolute Gasteiger partial charge is 0.493 e. The van der Waals surface area contributed by atoms with Crippen molar-refractivity contribution < 1.29 is 4.74 Å². The summed E-state index contributed by atoms with van der Waals surface area (Å²) in [6.45, 7) is 11.7. The van der Waals surface area contributed by atoms with Crippen molar-refractivity contribution in [2.45, 2.75) is 40.0 Å². The Kier molecular flexibility index (Phi) is 3.78. The SMILES string of the molecule is CC(C)COc1c[c]cc(C(C)(C)C)c1. The summed E-state index contributed by atoms with van der Waals surface area (Å²) in [5.41, 5.74) is 1.43. The fourth-order valence-electron chi connectivity index (χ4n) is 1.23. The molecule has 15 heavy (non-hydrogen) atoms. The van der Waals surface area contributed by atoms with Crippen LogP contribution in [0.2, 0.25) is 0 Å². The van der Waals surface area contributed by atoms with Crippen molar-refractivity contribution in [3.63, 3.8) is 0 Å². The van der Waals surface area contributed by atoms with E-state index in [0.717, 1.165) is 12.4 Å². The third-order valence-corrected chi connectivity index (χ3v) is 2.21. The van der Waals surface area contributed by atoms with E-state index < -0.39 is 0 Å². The highest BCUT2D eigenvalue weighted by Gasteiger charge is 2.13. The second kappa shape index (κ2) is 4.69. The molecule has 0 amide bonds. The molecule has 0 atom stereocenters. The van der Waals surface area contributed by atoms with Crippen molar-refractivity contribution >= 4 is 0 Å². The molecule has 83 valence electrons. The van der Waals surface area contributed by atoms with Crippen molar-refractivity contribution in [1.29, 1.82) is 0 Å². The van der Waals surface area contributed by atoms with Crippen molar-refractivity contribution in [3.8, 4) is 5.75 Å². The summed E-state index contributed by atoms with van der Waals surface area (Å²) in [6, 6.07) is 9.18. The maximum absolute atomic E-state index is 5.67. The van der Waals surface area contributed by atoms with Gasteiger partial charge in [-0.1, -0.05) is 40.7 Å². The maximum Gasteiger partial charge on any atom is 0.120 e. The van der Waals surface area contributed by atoms with Gasteiger partial charge in [0.15, 0.2) is 0 Å². The van der Waals surface area contributed by atoms with Gasteiger partial charge in [-0.25, -0.2) is 0 Å². The molecule has 0 aromatic heterocycles. The Hall–Kier alpha value is -0.980. The van der Waals surface area contributed by atoms with E-state index in [9.17, 15) is 0 Å². The molecule has 0 saturated heterocycles. The van der Waals surface area contributed by atoms with Crippen molar-refractivity contribution in [3.05, 3.63) is 29.8 Å². The van der Waals surface area contributed by atoms with Crippen LogP contribution in [-0.4, -0.2) is 6.61 Å². The molecule has 1 aromatic rings. The summed E-state index contributed by atoms with van der Waals surface area (Å²) >= 11 is 0. The maximum atomic E-state index is 5.67. The Labute approximate surface area is 93.5 Å². The molecule has 0 unspecified atom stereocenters. The number of benzene rings is 1. The lowest BCUT2D eigenvalue weighted by atomic mass is 9.87. The molecule has 0 fully saturated rings. The average Bonchev–Trinajstić information content (AvgIpc) is 2.14. The van der Waals surface area contributed by atoms with E-state index in [2.05, 4.69) is 46.8 Å². The molecule has 1 radical (unpaired) electrons. The van der Waals surface area contributed by atoms with Gasteiger partial charge >= 0.3 is 0 Å². The molecule has 0 N–H and O–H groups in total. The summed E-state index contributed by atoms with van der Waals surface area (Å²) in [6.07, 6.45) is 0. The molecule has 0 aliphatic rings. The van der Waals surface area contributed by atoms with Crippen LogP contribution >= 0.6 is 0 Å². The predicted octanol–water partition coefficient (Wildman–Crippen LogP) is 3.82. The topological polar surface area (TPSA) is 9.23 Å². The highest BCUT2D eigenvalue weighted by molar-refractivity contribution is 5.31. The Morgan fingerprint density at radius 1 is 1.27 bits per heavy atom. The van der Waals surface area contributed by atoms with Gasteiger partial charge in [-0.3, -0.25) is 0 Å². The van der Waals surface area contributed by atoms with Gasteiger partial charge in [0.2, 0.25) is 0 Å². The monoisotopic (exact) mass is 205 g/mol. The van der Waals surface area contributed by atoms with Crippen LogP contribution in [0.3, 0.4) is 0 Å². The molecule has 1 aromatic carbocycles. The molecule has 0 aliphatic carbocycles. The number of hydrogen-bond acceptors (Lipinski definition) is 1. The first kappa shape index (κ1) is 12.1. The summed E-state index contributed by atoms with van der Waals surface area (Å²) < 4.78 is 5.67. The molecule has 0 heterocycles. The molecular formula is C14H21O. The molecule has 0 saturated carbocycles. The molecule has 0 aliphatic heterocycles. The zero-order valence-corrected chi connectivity index (χ0v) is 10.4. The second-order valence-electron chi connectivity index (χ2n) is 5.41. The second-order valence-corrected chi connectivity index (χ2v) is 5.41. The van der Waals surface area contributed by atoms with Crippen LogP contribution in [0.15, 0.2) is 18.2 Å². The van der Waals surface area contributed by atoms with Gasteiger partial charge in [0.25, 0.3) is 0 Å². The minimum absolute atomic E-state index is 0.160. The van der Waals surface area contributed by atoms with E-state index in [1.807, 2.05) is 12.1 Å². The lowest BCUT2D eigenvalue weighted by Gasteiger charge is -2.19. The van der Waals surface area contributed by atoms with Gasteiger partial charge < -0.3 is 4.74 Å². The van der Waals surface area contributed by atoms with E-state index in [0.29, 0.717) is 5.92 Å². The molecule has 0 bridgehead atoms. The Balaban J connectivity index is 2.75. The first-order valence-electron chi connectivity index (χ1n) is 5.54. The van der Waals surface area contributed by atoms with Gasteiger partial charge in [-0.2, -0.15) is 0 Å². The summed E-state index contributed by atoms with van der Waals surface area (Å²) in [4.78, 5) is 0. The first-order chi connectivity index (χ1) is 6.89. The molecular weight excluding hydrogens is 184 g/mol. The number of ether oxygens (including phenoxy) is 1. The minimum Gasteiger partial charge on any atom is -0.493 e. The number of hydrogen-bond donors (Lipinski definition) is 0. The van der Waals surface area contributed by atoms with Crippen LogP contribution in [0.25, 0.3) is 0 Å². The Bertz CT molecular complexity index is 307. The summed E-state index contributed by atoms with van der Waals surface area (Å²) in [5.74, 6) is 1.49. The zero-order chi connectivity index (χ0) is 11.5. The average molecular weight is 205 g/mol. The van der Waals surface area contributed by atoms with Crippen molar-refractivity contribution in [2.24, 2.45) is 5.92 Å². The lowest BCUT2D eigenvalue weighted by Crippen LogP contribution is -2.11. The van der Waals surface area contributed by atoms with Gasteiger partial charge in [0.05, 0.1) is 6.61 Å².